The quantitative estimate of drug-likeness (QED) is 0.107. The molecule has 16 aromatic carbocycles. The van der Waals surface area contributed by atoms with Gasteiger partial charge in [0.25, 0.3) is 13.4 Å². The topological polar surface area (TPSA) is 25.4 Å². The molecule has 0 spiro atoms. The Bertz CT molecular complexity index is 5800. The van der Waals surface area contributed by atoms with Crippen molar-refractivity contribution in [3.8, 4) is 56.0 Å². The van der Waals surface area contributed by atoms with Gasteiger partial charge < -0.3 is 29.2 Å². The molecular weight excluding hydrogens is 1260 g/mol. The van der Waals surface area contributed by atoms with Gasteiger partial charge in [0, 0.05) is 85.2 Å². The summed E-state index contributed by atoms with van der Waals surface area (Å²) in [4.78, 5) is 12.7. The van der Waals surface area contributed by atoms with E-state index in [0.717, 1.165) is 152 Å². The zero-order valence-corrected chi connectivity index (χ0v) is 56.8. The van der Waals surface area contributed by atoms with Crippen LogP contribution < -0.4 is 62.0 Å². The molecule has 4 aliphatic rings. The van der Waals surface area contributed by atoms with Crippen molar-refractivity contribution in [1.29, 1.82) is 0 Å². The van der Waals surface area contributed by atoms with Gasteiger partial charge in [-0.05, 0) is 152 Å². The van der Waals surface area contributed by atoms with Gasteiger partial charge in [0.1, 0.15) is 11.5 Å². The number of hydrogen-bond acceptors (Lipinski definition) is 6. The van der Waals surface area contributed by atoms with Gasteiger partial charge in [-0.25, -0.2) is 0 Å². The van der Waals surface area contributed by atoms with Crippen molar-refractivity contribution in [2.45, 2.75) is 0 Å². The maximum absolute atomic E-state index is 7.46. The molecule has 0 saturated carbocycles. The molecule has 104 heavy (non-hydrogen) atoms. The highest BCUT2D eigenvalue weighted by Gasteiger charge is 2.49. The van der Waals surface area contributed by atoms with Crippen molar-refractivity contribution >= 4 is 132 Å². The molecule has 8 heteroatoms. The summed E-state index contributed by atoms with van der Waals surface area (Å²) < 4.78 is 7.46. The molecule has 0 saturated heterocycles. The summed E-state index contributed by atoms with van der Waals surface area (Å²) >= 11 is 0. The number of para-hydroxylation sites is 9. The van der Waals surface area contributed by atoms with Gasteiger partial charge in [-0.15, -0.1) is 0 Å². The average Bonchev–Trinajstić information content (AvgIpc) is 0.713. The van der Waals surface area contributed by atoms with Crippen LogP contribution in [0.5, 0.6) is 11.5 Å². The lowest BCUT2D eigenvalue weighted by Gasteiger charge is -2.47. The fourth-order valence-electron chi connectivity index (χ4n) is 16.9. The molecule has 20 rings (SSSR count). The second kappa shape index (κ2) is 25.3. The third-order valence-electron chi connectivity index (χ3n) is 21.2. The van der Waals surface area contributed by atoms with Crippen LogP contribution in [0.25, 0.3) is 44.5 Å². The maximum atomic E-state index is 7.46. The van der Waals surface area contributed by atoms with E-state index >= 15 is 0 Å². The van der Waals surface area contributed by atoms with Gasteiger partial charge in [-0.1, -0.05) is 291 Å². The van der Waals surface area contributed by atoms with E-state index in [4.69, 9.17) is 4.74 Å². The Morgan fingerprint density at radius 2 is 0.538 bits per heavy atom. The molecule has 4 aliphatic heterocycles. The van der Waals surface area contributed by atoms with E-state index in [1.807, 2.05) is 0 Å². The standard InChI is InChI=1S/C96H65B2N5O/c1-9-34-66(35-10-1)76-50-25-29-56-84(76)101-87-65-88-83(98-81-55-28-32-59-92(81)104-93-63-75(100(72-46-21-7-22-47-72)73-48-23-8-24-49-73)62-91(95(93)98)102(88)85-57-30-26-51-77(85)67-36-11-2-12-37-67)64-82(87)97-80-54-27-31-58-86(80)103(96-78(68-38-13-3-14-39-68)52-33-53-79(96)69-40-15-4-16-41-69)90-61-74(60-89(101)94(90)97)99(70-42-17-5-18-43-70)71-44-19-6-20-45-71/h1-65H. The molecule has 0 atom stereocenters. The third-order valence-corrected chi connectivity index (χ3v) is 21.2. The van der Waals surface area contributed by atoms with Gasteiger partial charge in [-0.2, -0.15) is 0 Å². The molecule has 0 fully saturated rings. The van der Waals surface area contributed by atoms with E-state index in [0.29, 0.717) is 0 Å². The molecule has 0 radical (unpaired) electrons. The van der Waals surface area contributed by atoms with Gasteiger partial charge >= 0.3 is 0 Å². The van der Waals surface area contributed by atoms with Crippen molar-refractivity contribution in [2.24, 2.45) is 0 Å². The zero-order valence-electron chi connectivity index (χ0n) is 56.8. The van der Waals surface area contributed by atoms with E-state index in [1.165, 1.54) is 21.9 Å². The Labute approximate surface area is 607 Å². The fraction of sp³-hybridized carbons (Fsp3) is 0. The molecule has 0 bridgehead atoms. The van der Waals surface area contributed by atoms with Crippen molar-refractivity contribution in [3.05, 3.63) is 394 Å². The summed E-state index contributed by atoms with van der Waals surface area (Å²) in [5.74, 6) is 1.65. The van der Waals surface area contributed by atoms with E-state index in [2.05, 4.69) is 419 Å². The second-order valence-corrected chi connectivity index (χ2v) is 27.0. The van der Waals surface area contributed by atoms with Crippen LogP contribution in [-0.4, -0.2) is 13.4 Å². The number of benzene rings is 16. The molecule has 0 aromatic heterocycles. The maximum Gasteiger partial charge on any atom is 0.256 e. The SMILES string of the molecule is c1ccc(-c2ccccc2N2c3cc4c(cc3B3c5ccccc5Oc5cc(N(c6ccccc6)c6ccccc6)cc2c53)B2c3ccccc3N(c3c(-c5ccccc5)cccc3-c3ccccc3)c3cc(N(c5ccccc5)c5ccccc5)cc(c32)N4c2ccccc2-c2ccccc2)cc1. The van der Waals surface area contributed by atoms with Crippen LogP contribution in [0.3, 0.4) is 0 Å². The van der Waals surface area contributed by atoms with E-state index in [9.17, 15) is 0 Å². The van der Waals surface area contributed by atoms with E-state index in [-0.39, 0.29) is 13.4 Å². The molecule has 0 N–H and O–H groups in total. The number of anilines is 15. The first-order chi connectivity index (χ1) is 51.7. The Hall–Kier alpha value is -13.6. The molecule has 4 heterocycles. The van der Waals surface area contributed by atoms with Gasteiger partial charge in [0.2, 0.25) is 0 Å². The number of fused-ring (bicyclic) bond motifs is 8. The highest BCUT2D eigenvalue weighted by Crippen LogP contribution is 2.55. The highest BCUT2D eigenvalue weighted by molar-refractivity contribution is 7.02. The number of ether oxygens (including phenoxy) is 1. The first kappa shape index (κ1) is 60.4. The average molecular weight is 1330 g/mol. The molecule has 486 valence electrons. The Morgan fingerprint density at radius 3 is 1.00 bits per heavy atom. The Kier molecular flexibility index (Phi) is 14.7. The third kappa shape index (κ3) is 9.97. The lowest BCUT2D eigenvalue weighted by Crippen LogP contribution is -2.64. The zero-order chi connectivity index (χ0) is 68.6. The summed E-state index contributed by atoms with van der Waals surface area (Å²) in [6, 6.07) is 145. The molecular formula is C96H65B2N5O. The van der Waals surface area contributed by atoms with Crippen molar-refractivity contribution in [3.63, 3.8) is 0 Å². The predicted octanol–water partition coefficient (Wildman–Crippen LogP) is 21.8. The Balaban J connectivity index is 0.944. The summed E-state index contributed by atoms with van der Waals surface area (Å²) in [5, 5.41) is 0. The molecule has 0 aliphatic carbocycles. The van der Waals surface area contributed by atoms with Gasteiger partial charge in [-0.3, -0.25) is 0 Å². The van der Waals surface area contributed by atoms with Crippen LogP contribution in [-0.2, 0) is 0 Å². The molecule has 0 unspecified atom stereocenters. The lowest BCUT2D eigenvalue weighted by atomic mass is 9.30. The monoisotopic (exact) mass is 1330 g/mol. The summed E-state index contributed by atoms with van der Waals surface area (Å²) in [5.41, 5.74) is 31.8. The number of nitrogens with zero attached hydrogens (tertiary/aromatic N) is 5. The predicted molar refractivity (Wildman–Crippen MR) is 437 cm³/mol. The normalized spacial score (nSPS) is 12.6. The fourth-order valence-corrected chi connectivity index (χ4v) is 16.9. The minimum absolute atomic E-state index is 0.263. The van der Waals surface area contributed by atoms with Crippen LogP contribution in [0.2, 0.25) is 0 Å². The molecule has 0 amide bonds. The van der Waals surface area contributed by atoms with Crippen molar-refractivity contribution in [1.82, 2.24) is 0 Å². The van der Waals surface area contributed by atoms with E-state index < -0.39 is 0 Å². The molecule has 6 nitrogen and oxygen atoms in total. The summed E-state index contributed by atoms with van der Waals surface area (Å²) in [7, 11) is 0. The minimum Gasteiger partial charge on any atom is -0.458 e. The summed E-state index contributed by atoms with van der Waals surface area (Å²) in [6.45, 7) is -0.553. The van der Waals surface area contributed by atoms with Crippen LogP contribution in [0.4, 0.5) is 85.3 Å². The van der Waals surface area contributed by atoms with Crippen LogP contribution in [0, 0.1) is 0 Å². The second-order valence-electron chi connectivity index (χ2n) is 27.0. The minimum atomic E-state index is -0.290. The number of hydrogen-bond donors (Lipinski definition) is 0. The lowest BCUT2D eigenvalue weighted by molar-refractivity contribution is 0.487. The van der Waals surface area contributed by atoms with Gasteiger partial charge in [0.05, 0.1) is 28.4 Å². The Morgan fingerprint density at radius 1 is 0.202 bits per heavy atom. The first-order valence-corrected chi connectivity index (χ1v) is 35.8. The van der Waals surface area contributed by atoms with E-state index in [1.54, 1.807) is 0 Å². The van der Waals surface area contributed by atoms with Crippen LogP contribution in [0.1, 0.15) is 0 Å². The van der Waals surface area contributed by atoms with Gasteiger partial charge in [0.15, 0.2) is 0 Å². The highest BCUT2D eigenvalue weighted by atomic mass is 16.5. The van der Waals surface area contributed by atoms with Crippen LogP contribution in [0.15, 0.2) is 394 Å². The van der Waals surface area contributed by atoms with Crippen LogP contribution >= 0.6 is 0 Å². The first-order valence-electron chi connectivity index (χ1n) is 35.8. The van der Waals surface area contributed by atoms with Crippen molar-refractivity contribution < 1.29 is 4.74 Å². The smallest absolute Gasteiger partial charge is 0.256 e. The molecule has 16 aromatic rings. The van der Waals surface area contributed by atoms with Crippen molar-refractivity contribution in [2.75, 3.05) is 24.5 Å². The number of rotatable bonds is 13. The largest absolute Gasteiger partial charge is 0.458 e. The summed E-state index contributed by atoms with van der Waals surface area (Å²) in [6.07, 6.45) is 0.